The Kier molecular flexibility index (Phi) is 2.66. The number of nitrogens with one attached hydrogen (secondary N) is 1. The van der Waals surface area contributed by atoms with E-state index < -0.39 is 0 Å². The molecule has 2 heterocycles. The molecule has 3 N–H and O–H groups in total. The van der Waals surface area contributed by atoms with E-state index >= 15 is 0 Å². The fourth-order valence-corrected chi connectivity index (χ4v) is 1.36. The van der Waals surface area contributed by atoms with Crippen LogP contribution in [0.5, 0.6) is 0 Å². The highest BCUT2D eigenvalue weighted by Gasteiger charge is 2.09. The number of anilines is 2. The highest BCUT2D eigenvalue weighted by atomic mass is 15.3. The first-order chi connectivity index (χ1) is 7.59. The monoisotopic (exact) mass is 220 g/mol. The molecule has 0 aliphatic carbocycles. The molecule has 0 fully saturated rings. The Hall–Kier alpha value is -1.82. The maximum absolute atomic E-state index is 5.75. The summed E-state index contributed by atoms with van der Waals surface area (Å²) >= 11 is 0. The van der Waals surface area contributed by atoms with Gasteiger partial charge in [0.15, 0.2) is 5.65 Å². The van der Waals surface area contributed by atoms with Gasteiger partial charge in [-0.15, -0.1) is 0 Å². The molecule has 0 aliphatic heterocycles. The summed E-state index contributed by atoms with van der Waals surface area (Å²) in [5, 5.41) is 7.51. The molecule has 0 radical (unpaired) electrons. The minimum Gasteiger partial charge on any atom is -0.394 e. The smallest absolute Gasteiger partial charge is 0.180 e. The van der Waals surface area contributed by atoms with Crippen molar-refractivity contribution in [2.45, 2.75) is 13.1 Å². The van der Waals surface area contributed by atoms with Crippen molar-refractivity contribution in [3.63, 3.8) is 0 Å². The molecular weight excluding hydrogens is 204 g/mol. The first-order valence-electron chi connectivity index (χ1n) is 5.11. The van der Waals surface area contributed by atoms with Crippen LogP contribution in [0, 0.1) is 0 Å². The van der Waals surface area contributed by atoms with Crippen LogP contribution in [0.1, 0.15) is 6.92 Å². The van der Waals surface area contributed by atoms with Crippen LogP contribution in [0.15, 0.2) is 18.5 Å². The van der Waals surface area contributed by atoms with Gasteiger partial charge in [0, 0.05) is 6.20 Å². The maximum Gasteiger partial charge on any atom is 0.180 e. The second-order valence-electron chi connectivity index (χ2n) is 3.95. The van der Waals surface area contributed by atoms with Crippen molar-refractivity contribution in [3.05, 3.63) is 18.5 Å². The lowest BCUT2D eigenvalue weighted by atomic mass is 10.4. The number of nitrogens with zero attached hydrogens (tertiary/aromatic N) is 4. The Bertz CT molecular complexity index is 489. The number of fused-ring (bicyclic) bond motifs is 1. The third kappa shape index (κ3) is 1.79. The molecule has 0 bridgehead atoms. The van der Waals surface area contributed by atoms with E-state index in [9.17, 15) is 0 Å². The van der Waals surface area contributed by atoms with Crippen molar-refractivity contribution >= 4 is 17.2 Å². The Balaban J connectivity index is 2.37. The van der Waals surface area contributed by atoms with E-state index in [0.717, 1.165) is 5.82 Å². The number of nitrogen functional groups attached to an aromatic ring is 1. The Morgan fingerprint density at radius 2 is 2.25 bits per heavy atom. The molecular formula is C10H16N6. The van der Waals surface area contributed by atoms with Crippen molar-refractivity contribution in [1.82, 2.24) is 19.5 Å². The van der Waals surface area contributed by atoms with Crippen molar-refractivity contribution < 1.29 is 0 Å². The lowest BCUT2D eigenvalue weighted by molar-refractivity contribution is 0.342. The molecule has 6 heteroatoms. The standard InChI is InChI=1S/C10H16N6/c1-7(15(2)3)14-9-4-5-12-10-8(11)6-13-16(9)10/h4-7,14H,11H2,1-3H3. The van der Waals surface area contributed by atoms with Gasteiger partial charge in [0.1, 0.15) is 5.82 Å². The van der Waals surface area contributed by atoms with Gasteiger partial charge >= 0.3 is 0 Å². The molecule has 16 heavy (non-hydrogen) atoms. The molecule has 2 rings (SSSR count). The number of hydrogen-bond acceptors (Lipinski definition) is 5. The molecule has 2 aromatic rings. The SMILES string of the molecule is CC(Nc1ccnc2c(N)cnn12)N(C)C. The Labute approximate surface area is 94.1 Å². The Morgan fingerprint density at radius 1 is 1.50 bits per heavy atom. The van der Waals surface area contributed by atoms with E-state index in [1.165, 1.54) is 0 Å². The molecule has 0 aliphatic rings. The number of hydrogen-bond donors (Lipinski definition) is 2. The molecule has 0 aromatic carbocycles. The largest absolute Gasteiger partial charge is 0.394 e. The van der Waals surface area contributed by atoms with E-state index in [1.807, 2.05) is 20.2 Å². The van der Waals surface area contributed by atoms with Crippen molar-refractivity contribution in [3.8, 4) is 0 Å². The molecule has 86 valence electrons. The molecule has 0 saturated heterocycles. The molecule has 2 aromatic heterocycles. The topological polar surface area (TPSA) is 71.5 Å². The lowest BCUT2D eigenvalue weighted by Gasteiger charge is -2.22. The van der Waals surface area contributed by atoms with Crippen LogP contribution in [-0.2, 0) is 0 Å². The van der Waals surface area contributed by atoms with Crippen molar-refractivity contribution in [2.75, 3.05) is 25.1 Å². The summed E-state index contributed by atoms with van der Waals surface area (Å²) in [7, 11) is 4.01. The fourth-order valence-electron chi connectivity index (χ4n) is 1.36. The second-order valence-corrected chi connectivity index (χ2v) is 3.95. The van der Waals surface area contributed by atoms with Gasteiger partial charge in [-0.2, -0.15) is 9.61 Å². The fraction of sp³-hybridized carbons (Fsp3) is 0.400. The third-order valence-corrected chi connectivity index (χ3v) is 2.56. The first kappa shape index (κ1) is 10.7. The number of aromatic nitrogens is 3. The first-order valence-corrected chi connectivity index (χ1v) is 5.11. The van der Waals surface area contributed by atoms with Gasteiger partial charge in [-0.05, 0) is 27.1 Å². The van der Waals surface area contributed by atoms with Gasteiger partial charge in [0.25, 0.3) is 0 Å². The van der Waals surface area contributed by atoms with Gasteiger partial charge < -0.3 is 11.1 Å². The molecule has 6 nitrogen and oxygen atoms in total. The summed E-state index contributed by atoms with van der Waals surface area (Å²) in [5.41, 5.74) is 7.01. The van der Waals surface area contributed by atoms with E-state index in [1.54, 1.807) is 16.9 Å². The van der Waals surface area contributed by atoms with Gasteiger partial charge in [-0.25, -0.2) is 4.98 Å². The highest BCUT2D eigenvalue weighted by molar-refractivity contribution is 5.65. The van der Waals surface area contributed by atoms with Crippen LogP contribution in [0.3, 0.4) is 0 Å². The van der Waals surface area contributed by atoms with Crippen LogP contribution >= 0.6 is 0 Å². The van der Waals surface area contributed by atoms with Crippen LogP contribution in [0.25, 0.3) is 5.65 Å². The summed E-state index contributed by atoms with van der Waals surface area (Å²) < 4.78 is 1.70. The van der Waals surface area contributed by atoms with Gasteiger partial charge in [0.2, 0.25) is 0 Å². The number of nitrogens with two attached hydrogens (primary N) is 1. The van der Waals surface area contributed by atoms with Crippen LogP contribution in [0.2, 0.25) is 0 Å². The molecule has 1 unspecified atom stereocenters. The maximum atomic E-state index is 5.75. The predicted octanol–water partition coefficient (Wildman–Crippen LogP) is 0.631. The minimum absolute atomic E-state index is 0.205. The quantitative estimate of drug-likeness (QED) is 0.742. The molecule has 1 atom stereocenters. The summed E-state index contributed by atoms with van der Waals surface area (Å²) in [5.74, 6) is 0.878. The molecule has 0 saturated carbocycles. The van der Waals surface area contributed by atoms with E-state index in [2.05, 4.69) is 27.2 Å². The average Bonchev–Trinajstić information content (AvgIpc) is 2.62. The Morgan fingerprint density at radius 3 is 2.94 bits per heavy atom. The zero-order valence-electron chi connectivity index (χ0n) is 9.68. The number of rotatable bonds is 3. The summed E-state index contributed by atoms with van der Waals surface area (Å²) in [4.78, 5) is 6.24. The van der Waals surface area contributed by atoms with E-state index in [-0.39, 0.29) is 6.17 Å². The van der Waals surface area contributed by atoms with Gasteiger partial charge in [-0.3, -0.25) is 4.90 Å². The summed E-state index contributed by atoms with van der Waals surface area (Å²) in [6, 6.07) is 1.87. The highest BCUT2D eigenvalue weighted by Crippen LogP contribution is 2.15. The normalized spacial score (nSPS) is 13.2. The zero-order valence-corrected chi connectivity index (χ0v) is 9.68. The van der Waals surface area contributed by atoms with E-state index in [0.29, 0.717) is 11.3 Å². The van der Waals surface area contributed by atoms with E-state index in [4.69, 9.17) is 5.73 Å². The summed E-state index contributed by atoms with van der Waals surface area (Å²) in [6.07, 6.45) is 3.53. The second kappa shape index (κ2) is 3.97. The van der Waals surface area contributed by atoms with Crippen LogP contribution in [0.4, 0.5) is 11.5 Å². The average molecular weight is 220 g/mol. The van der Waals surface area contributed by atoms with Crippen LogP contribution < -0.4 is 11.1 Å². The van der Waals surface area contributed by atoms with Gasteiger partial charge in [0.05, 0.1) is 18.1 Å². The van der Waals surface area contributed by atoms with Crippen molar-refractivity contribution in [2.24, 2.45) is 0 Å². The molecule has 0 spiro atoms. The van der Waals surface area contributed by atoms with Crippen LogP contribution in [-0.4, -0.2) is 39.8 Å². The lowest BCUT2D eigenvalue weighted by Crippen LogP contribution is -2.32. The van der Waals surface area contributed by atoms with Crippen molar-refractivity contribution in [1.29, 1.82) is 0 Å². The molecule has 0 amide bonds. The third-order valence-electron chi connectivity index (χ3n) is 2.56. The van der Waals surface area contributed by atoms with Gasteiger partial charge in [-0.1, -0.05) is 0 Å². The minimum atomic E-state index is 0.205. The predicted molar refractivity (Wildman–Crippen MR) is 64.2 cm³/mol. The summed E-state index contributed by atoms with van der Waals surface area (Å²) in [6.45, 7) is 2.07. The zero-order chi connectivity index (χ0) is 11.7.